The lowest BCUT2D eigenvalue weighted by Gasteiger charge is -2.38. The van der Waals surface area contributed by atoms with Crippen molar-refractivity contribution >= 4 is 0 Å². The molecule has 2 aliphatic rings. The van der Waals surface area contributed by atoms with Crippen molar-refractivity contribution in [2.24, 2.45) is 5.73 Å². The zero-order chi connectivity index (χ0) is 18.6. The minimum Gasteiger partial charge on any atom is -0.484 e. The van der Waals surface area contributed by atoms with Crippen LogP contribution in [0, 0.1) is 0 Å². The SMILES string of the molecule is COCCc1ccc(OC2c3ccccc3C[C@H]2N2CCCC(N)C2)cc1. The first-order valence-corrected chi connectivity index (χ1v) is 10.1. The van der Waals surface area contributed by atoms with Crippen LogP contribution >= 0.6 is 0 Å². The molecule has 3 atom stereocenters. The molecule has 4 rings (SSSR count). The molecule has 0 aromatic heterocycles. The molecule has 1 fully saturated rings. The summed E-state index contributed by atoms with van der Waals surface area (Å²) in [5.74, 6) is 0.934. The quantitative estimate of drug-likeness (QED) is 0.852. The molecule has 2 unspecified atom stereocenters. The number of methoxy groups -OCH3 is 1. The van der Waals surface area contributed by atoms with Gasteiger partial charge in [-0.15, -0.1) is 0 Å². The molecule has 27 heavy (non-hydrogen) atoms. The maximum atomic E-state index is 6.55. The fraction of sp³-hybridized carbons (Fsp3) is 0.478. The van der Waals surface area contributed by atoms with E-state index < -0.39 is 0 Å². The van der Waals surface area contributed by atoms with E-state index in [0.29, 0.717) is 6.04 Å². The van der Waals surface area contributed by atoms with Crippen molar-refractivity contribution in [3.8, 4) is 5.75 Å². The highest BCUT2D eigenvalue weighted by Crippen LogP contribution is 2.38. The van der Waals surface area contributed by atoms with Crippen LogP contribution in [0.4, 0.5) is 0 Å². The van der Waals surface area contributed by atoms with Gasteiger partial charge in [0.05, 0.1) is 12.6 Å². The lowest BCUT2D eigenvalue weighted by atomic mass is 10.0. The van der Waals surface area contributed by atoms with E-state index in [2.05, 4.69) is 53.4 Å². The lowest BCUT2D eigenvalue weighted by Crippen LogP contribution is -2.49. The van der Waals surface area contributed by atoms with Gasteiger partial charge in [0.15, 0.2) is 0 Å². The molecular weight excluding hydrogens is 336 g/mol. The summed E-state index contributed by atoms with van der Waals surface area (Å²) in [5.41, 5.74) is 10.3. The van der Waals surface area contributed by atoms with Crippen molar-refractivity contribution < 1.29 is 9.47 Å². The fourth-order valence-electron chi connectivity index (χ4n) is 4.44. The third kappa shape index (κ3) is 4.18. The van der Waals surface area contributed by atoms with E-state index in [1.807, 2.05) is 0 Å². The minimum absolute atomic E-state index is 0.0660. The Kier molecular flexibility index (Phi) is 5.77. The van der Waals surface area contributed by atoms with Crippen LogP contribution in [0.3, 0.4) is 0 Å². The zero-order valence-corrected chi connectivity index (χ0v) is 16.1. The molecule has 0 amide bonds. The highest BCUT2D eigenvalue weighted by molar-refractivity contribution is 5.38. The Balaban J connectivity index is 1.53. The Hall–Kier alpha value is -1.88. The smallest absolute Gasteiger partial charge is 0.140 e. The second-order valence-electron chi connectivity index (χ2n) is 7.79. The number of hydrogen-bond acceptors (Lipinski definition) is 4. The first-order chi connectivity index (χ1) is 13.2. The van der Waals surface area contributed by atoms with E-state index in [1.165, 1.54) is 23.1 Å². The molecule has 144 valence electrons. The van der Waals surface area contributed by atoms with Crippen LogP contribution in [0.5, 0.6) is 5.75 Å². The summed E-state index contributed by atoms with van der Waals surface area (Å²) in [6.07, 6.45) is 4.34. The van der Waals surface area contributed by atoms with E-state index in [9.17, 15) is 0 Å². The van der Waals surface area contributed by atoms with E-state index in [0.717, 1.165) is 44.7 Å². The number of rotatable bonds is 6. The molecule has 1 aliphatic carbocycles. The standard InChI is InChI=1S/C23H30N2O2/c1-26-14-12-17-8-10-20(11-9-17)27-23-21-7-3-2-5-18(21)15-22(23)25-13-4-6-19(24)16-25/h2-3,5,7-11,19,22-23H,4,6,12-16,24H2,1H3/t19?,22-,23?/m1/s1. The fourth-order valence-corrected chi connectivity index (χ4v) is 4.44. The highest BCUT2D eigenvalue weighted by Gasteiger charge is 2.39. The van der Waals surface area contributed by atoms with Gasteiger partial charge in [-0.05, 0) is 61.1 Å². The molecule has 2 aromatic rings. The van der Waals surface area contributed by atoms with E-state index >= 15 is 0 Å². The number of fused-ring (bicyclic) bond motifs is 1. The van der Waals surface area contributed by atoms with E-state index in [4.69, 9.17) is 15.2 Å². The summed E-state index contributed by atoms with van der Waals surface area (Å²) in [6, 6.07) is 17.8. The minimum atomic E-state index is 0.0660. The van der Waals surface area contributed by atoms with Crippen molar-refractivity contribution in [2.45, 2.75) is 43.9 Å². The van der Waals surface area contributed by atoms with Gasteiger partial charge in [0.25, 0.3) is 0 Å². The first kappa shape index (κ1) is 18.5. The molecule has 4 heteroatoms. The maximum absolute atomic E-state index is 6.55. The van der Waals surface area contributed by atoms with E-state index in [-0.39, 0.29) is 12.1 Å². The van der Waals surface area contributed by atoms with Crippen LogP contribution < -0.4 is 10.5 Å². The van der Waals surface area contributed by atoms with Gasteiger partial charge in [0.2, 0.25) is 0 Å². The summed E-state index contributed by atoms with van der Waals surface area (Å²) < 4.78 is 11.7. The van der Waals surface area contributed by atoms with Gasteiger partial charge in [-0.25, -0.2) is 0 Å². The van der Waals surface area contributed by atoms with E-state index in [1.54, 1.807) is 7.11 Å². The Morgan fingerprint density at radius 2 is 1.93 bits per heavy atom. The van der Waals surface area contributed by atoms with Crippen molar-refractivity contribution in [2.75, 3.05) is 26.8 Å². The average molecular weight is 367 g/mol. The summed E-state index contributed by atoms with van der Waals surface area (Å²) >= 11 is 0. The summed E-state index contributed by atoms with van der Waals surface area (Å²) in [6.45, 7) is 2.82. The third-order valence-electron chi connectivity index (χ3n) is 5.88. The highest BCUT2D eigenvalue weighted by atomic mass is 16.5. The first-order valence-electron chi connectivity index (χ1n) is 10.1. The number of benzene rings is 2. The van der Waals surface area contributed by atoms with Gasteiger partial charge in [0, 0.05) is 19.7 Å². The third-order valence-corrected chi connectivity index (χ3v) is 5.88. The summed E-state index contributed by atoms with van der Waals surface area (Å²) in [7, 11) is 1.74. The summed E-state index contributed by atoms with van der Waals surface area (Å²) in [5, 5.41) is 0. The monoisotopic (exact) mass is 366 g/mol. The average Bonchev–Trinajstić information content (AvgIpc) is 3.06. The summed E-state index contributed by atoms with van der Waals surface area (Å²) in [4.78, 5) is 2.55. The van der Waals surface area contributed by atoms with Gasteiger partial charge in [0.1, 0.15) is 11.9 Å². The van der Waals surface area contributed by atoms with Crippen LogP contribution in [0.25, 0.3) is 0 Å². The molecule has 0 saturated carbocycles. The molecule has 2 aromatic carbocycles. The molecule has 0 spiro atoms. The number of ether oxygens (including phenoxy) is 2. The van der Waals surface area contributed by atoms with Gasteiger partial charge < -0.3 is 15.2 Å². The molecule has 0 radical (unpaired) electrons. The van der Waals surface area contributed by atoms with Gasteiger partial charge in [-0.1, -0.05) is 36.4 Å². The molecular formula is C23H30N2O2. The molecule has 1 aliphatic heterocycles. The van der Waals surface area contributed by atoms with Crippen molar-refractivity contribution in [1.82, 2.24) is 4.90 Å². The molecule has 0 bridgehead atoms. The Morgan fingerprint density at radius 1 is 1.11 bits per heavy atom. The molecule has 4 nitrogen and oxygen atoms in total. The number of hydrogen-bond donors (Lipinski definition) is 1. The second-order valence-corrected chi connectivity index (χ2v) is 7.79. The van der Waals surface area contributed by atoms with Gasteiger partial charge >= 0.3 is 0 Å². The Bertz CT molecular complexity index is 746. The zero-order valence-electron chi connectivity index (χ0n) is 16.1. The molecule has 1 heterocycles. The van der Waals surface area contributed by atoms with Crippen molar-refractivity contribution in [1.29, 1.82) is 0 Å². The number of likely N-dealkylation sites (tertiary alicyclic amines) is 1. The number of nitrogens with zero attached hydrogens (tertiary/aromatic N) is 1. The lowest BCUT2D eigenvalue weighted by molar-refractivity contribution is 0.0593. The predicted octanol–water partition coefficient (Wildman–Crippen LogP) is 3.34. The largest absolute Gasteiger partial charge is 0.484 e. The molecule has 2 N–H and O–H groups in total. The number of nitrogens with two attached hydrogens (primary N) is 1. The van der Waals surface area contributed by atoms with Crippen LogP contribution in [-0.4, -0.2) is 43.8 Å². The van der Waals surface area contributed by atoms with Crippen molar-refractivity contribution in [3.05, 3.63) is 65.2 Å². The maximum Gasteiger partial charge on any atom is 0.140 e. The second kappa shape index (κ2) is 8.42. The normalized spacial score (nSPS) is 25.3. The molecule has 1 saturated heterocycles. The Morgan fingerprint density at radius 3 is 2.70 bits per heavy atom. The Labute approximate surface area is 162 Å². The van der Waals surface area contributed by atoms with Crippen LogP contribution in [0.1, 0.15) is 35.6 Å². The number of piperidine rings is 1. The van der Waals surface area contributed by atoms with Crippen LogP contribution in [-0.2, 0) is 17.6 Å². The predicted molar refractivity (Wildman–Crippen MR) is 108 cm³/mol. The van der Waals surface area contributed by atoms with Crippen LogP contribution in [0.2, 0.25) is 0 Å². The topological polar surface area (TPSA) is 47.7 Å². The van der Waals surface area contributed by atoms with Gasteiger partial charge in [-0.3, -0.25) is 4.90 Å². The van der Waals surface area contributed by atoms with Crippen LogP contribution in [0.15, 0.2) is 48.5 Å². The van der Waals surface area contributed by atoms with Gasteiger partial charge in [-0.2, -0.15) is 0 Å². The van der Waals surface area contributed by atoms with Crippen molar-refractivity contribution in [3.63, 3.8) is 0 Å².